The van der Waals surface area contributed by atoms with E-state index in [0.717, 1.165) is 19.4 Å². The van der Waals surface area contributed by atoms with E-state index in [9.17, 15) is 14.7 Å². The zero-order valence-corrected chi connectivity index (χ0v) is 12.5. The van der Waals surface area contributed by atoms with E-state index in [0.29, 0.717) is 19.1 Å². The molecule has 2 heterocycles. The van der Waals surface area contributed by atoms with Crippen LogP contribution in [0.3, 0.4) is 0 Å². The van der Waals surface area contributed by atoms with Crippen molar-refractivity contribution in [1.29, 1.82) is 0 Å². The second-order valence-corrected chi connectivity index (χ2v) is 6.10. The van der Waals surface area contributed by atoms with Crippen LogP contribution in [0.2, 0.25) is 0 Å². The molecule has 1 aromatic rings. The molecule has 1 saturated heterocycles. The normalized spacial score (nSPS) is 24.4. The average Bonchev–Trinajstić information content (AvgIpc) is 3.16. The summed E-state index contributed by atoms with van der Waals surface area (Å²) in [6, 6.07) is 1.97. The van der Waals surface area contributed by atoms with Crippen LogP contribution in [0.15, 0.2) is 16.9 Å². The maximum absolute atomic E-state index is 12.4. The fourth-order valence-electron chi connectivity index (χ4n) is 3.47. The first-order valence-electron chi connectivity index (χ1n) is 7.81. The van der Waals surface area contributed by atoms with Gasteiger partial charge in [0.2, 0.25) is 0 Å². The van der Waals surface area contributed by atoms with Gasteiger partial charge in [-0.3, -0.25) is 14.5 Å². The van der Waals surface area contributed by atoms with E-state index in [-0.39, 0.29) is 18.1 Å². The monoisotopic (exact) mass is 307 g/mol. The fraction of sp³-hybridized carbons (Fsp3) is 0.667. The van der Waals surface area contributed by atoms with Crippen LogP contribution in [0.1, 0.15) is 36.2 Å². The molecule has 1 atom stereocenters. The summed E-state index contributed by atoms with van der Waals surface area (Å²) in [6.07, 6.45) is 6.03. The molecule has 0 radical (unpaired) electrons. The van der Waals surface area contributed by atoms with Crippen LogP contribution in [0.4, 0.5) is 0 Å². The predicted octanol–water partition coefficient (Wildman–Crippen LogP) is 1.08. The zero-order chi connectivity index (χ0) is 15.5. The Morgan fingerprint density at radius 2 is 2.00 bits per heavy atom. The number of amides is 1. The van der Waals surface area contributed by atoms with Gasteiger partial charge in [0.05, 0.1) is 5.92 Å². The maximum Gasteiger partial charge on any atom is 0.309 e. The molecule has 1 N–H and O–H groups in total. The molecule has 0 bridgehead atoms. The minimum Gasteiger partial charge on any atom is -0.481 e. The first kappa shape index (κ1) is 15.0. The Bertz CT molecular complexity index is 525. The summed E-state index contributed by atoms with van der Waals surface area (Å²) in [7, 11) is 0. The molecule has 2 fully saturated rings. The molecule has 1 aliphatic heterocycles. The Morgan fingerprint density at radius 1 is 1.23 bits per heavy atom. The number of aliphatic carboxylic acids is 1. The van der Waals surface area contributed by atoms with Crippen molar-refractivity contribution in [2.75, 3.05) is 26.2 Å². The first-order chi connectivity index (χ1) is 10.6. The van der Waals surface area contributed by atoms with Crippen LogP contribution in [-0.4, -0.2) is 64.2 Å². The predicted molar refractivity (Wildman–Crippen MR) is 77.4 cm³/mol. The Labute approximate surface area is 128 Å². The average molecular weight is 307 g/mol. The summed E-state index contributed by atoms with van der Waals surface area (Å²) >= 11 is 0. The minimum absolute atomic E-state index is 0.226. The van der Waals surface area contributed by atoms with Crippen LogP contribution < -0.4 is 0 Å². The van der Waals surface area contributed by atoms with Gasteiger partial charge in [-0.25, -0.2) is 0 Å². The number of nitrogens with zero attached hydrogens (tertiary/aromatic N) is 3. The highest BCUT2D eigenvalue weighted by Gasteiger charge is 2.34. The lowest BCUT2D eigenvalue weighted by Gasteiger charge is -2.28. The van der Waals surface area contributed by atoms with Crippen molar-refractivity contribution in [3.05, 3.63) is 18.0 Å². The Balaban J connectivity index is 1.73. The number of carboxylic acid groups (broad SMARTS) is 1. The van der Waals surface area contributed by atoms with E-state index >= 15 is 0 Å². The van der Waals surface area contributed by atoms with Gasteiger partial charge in [-0.15, -0.1) is 0 Å². The van der Waals surface area contributed by atoms with Crippen molar-refractivity contribution in [1.82, 2.24) is 15.0 Å². The van der Waals surface area contributed by atoms with Crippen LogP contribution in [0.25, 0.3) is 0 Å². The van der Waals surface area contributed by atoms with Gasteiger partial charge in [0.1, 0.15) is 6.26 Å². The molecular formula is C15H21N3O4. The summed E-state index contributed by atoms with van der Waals surface area (Å²) in [5.74, 6) is -1.66. The van der Waals surface area contributed by atoms with Crippen LogP contribution >= 0.6 is 0 Å². The highest BCUT2D eigenvalue weighted by molar-refractivity contribution is 5.92. The van der Waals surface area contributed by atoms with E-state index in [4.69, 9.17) is 4.52 Å². The third kappa shape index (κ3) is 3.14. The summed E-state index contributed by atoms with van der Waals surface area (Å²) in [4.78, 5) is 27.8. The van der Waals surface area contributed by atoms with Crippen molar-refractivity contribution < 1.29 is 19.2 Å². The van der Waals surface area contributed by atoms with Crippen LogP contribution in [0, 0.1) is 5.92 Å². The highest BCUT2D eigenvalue weighted by Crippen LogP contribution is 2.25. The van der Waals surface area contributed by atoms with Crippen LogP contribution in [-0.2, 0) is 4.79 Å². The summed E-state index contributed by atoms with van der Waals surface area (Å²) in [5, 5.41) is 13.1. The molecule has 1 amide bonds. The molecule has 120 valence electrons. The van der Waals surface area contributed by atoms with Crippen molar-refractivity contribution in [2.24, 2.45) is 5.92 Å². The van der Waals surface area contributed by atoms with Gasteiger partial charge < -0.3 is 14.5 Å². The van der Waals surface area contributed by atoms with Crippen molar-refractivity contribution >= 4 is 11.9 Å². The molecule has 0 spiro atoms. The van der Waals surface area contributed by atoms with E-state index in [1.165, 1.54) is 25.2 Å². The molecule has 1 aromatic heterocycles. The molecule has 7 heteroatoms. The molecule has 2 aliphatic rings. The fourth-order valence-corrected chi connectivity index (χ4v) is 3.47. The quantitative estimate of drug-likeness (QED) is 0.899. The zero-order valence-electron chi connectivity index (χ0n) is 12.5. The Hall–Kier alpha value is -1.89. The van der Waals surface area contributed by atoms with Gasteiger partial charge in [0.25, 0.3) is 5.91 Å². The molecule has 7 nitrogen and oxygen atoms in total. The summed E-state index contributed by atoms with van der Waals surface area (Å²) in [5.41, 5.74) is 0.235. The van der Waals surface area contributed by atoms with Crippen LogP contribution in [0.5, 0.6) is 0 Å². The van der Waals surface area contributed by atoms with Crippen molar-refractivity contribution in [2.45, 2.75) is 31.7 Å². The highest BCUT2D eigenvalue weighted by atomic mass is 16.5. The Kier molecular flexibility index (Phi) is 4.42. The molecule has 0 unspecified atom stereocenters. The topological polar surface area (TPSA) is 86.9 Å². The van der Waals surface area contributed by atoms with Gasteiger partial charge in [0.15, 0.2) is 5.69 Å². The lowest BCUT2D eigenvalue weighted by Crippen LogP contribution is -2.39. The first-order valence-corrected chi connectivity index (χ1v) is 7.81. The van der Waals surface area contributed by atoms with Gasteiger partial charge >= 0.3 is 5.97 Å². The number of hydrogen-bond donors (Lipinski definition) is 1. The second-order valence-electron chi connectivity index (χ2n) is 6.10. The van der Waals surface area contributed by atoms with E-state index < -0.39 is 11.9 Å². The summed E-state index contributed by atoms with van der Waals surface area (Å²) in [6.45, 7) is 2.00. The SMILES string of the molecule is O=C(O)[C@@H]1CN(C(=O)c2ccon2)CCN(C2CCCC2)C1. The maximum atomic E-state index is 12.4. The number of carboxylic acids is 1. The number of carbonyl (C=O) groups is 2. The lowest BCUT2D eigenvalue weighted by molar-refractivity contribution is -0.142. The third-order valence-electron chi connectivity index (χ3n) is 4.69. The molecule has 1 aliphatic carbocycles. The number of carbonyl (C=O) groups excluding carboxylic acids is 1. The molecule has 22 heavy (non-hydrogen) atoms. The summed E-state index contributed by atoms with van der Waals surface area (Å²) < 4.78 is 4.71. The molecule has 3 rings (SSSR count). The van der Waals surface area contributed by atoms with E-state index in [1.807, 2.05) is 0 Å². The molecular weight excluding hydrogens is 286 g/mol. The smallest absolute Gasteiger partial charge is 0.309 e. The number of hydrogen-bond acceptors (Lipinski definition) is 5. The largest absolute Gasteiger partial charge is 0.481 e. The van der Waals surface area contributed by atoms with Gasteiger partial charge in [-0.1, -0.05) is 18.0 Å². The van der Waals surface area contributed by atoms with E-state index in [2.05, 4.69) is 10.1 Å². The molecule has 0 aromatic carbocycles. The molecule has 1 saturated carbocycles. The van der Waals surface area contributed by atoms with E-state index in [1.54, 1.807) is 4.90 Å². The second kappa shape index (κ2) is 6.48. The number of rotatable bonds is 3. The van der Waals surface area contributed by atoms with Gasteiger partial charge in [-0.05, 0) is 12.8 Å². The van der Waals surface area contributed by atoms with Gasteiger partial charge in [-0.2, -0.15) is 0 Å². The standard InChI is InChI=1S/C15H21N3O4/c19-14(13-5-8-22-16-13)18-7-6-17(12-3-1-2-4-12)9-11(10-18)15(20)21/h5,8,11-12H,1-4,6-7,9-10H2,(H,20,21)/t11-/m0/s1. The van der Waals surface area contributed by atoms with Crippen molar-refractivity contribution in [3.63, 3.8) is 0 Å². The van der Waals surface area contributed by atoms with Crippen molar-refractivity contribution in [3.8, 4) is 0 Å². The Morgan fingerprint density at radius 3 is 2.64 bits per heavy atom. The van der Waals surface area contributed by atoms with Gasteiger partial charge in [0, 0.05) is 38.3 Å². The minimum atomic E-state index is -0.845. The lowest BCUT2D eigenvalue weighted by atomic mass is 10.1. The third-order valence-corrected chi connectivity index (χ3v) is 4.69. The number of aromatic nitrogens is 1.